The maximum atomic E-state index is 5.25. The topological polar surface area (TPSA) is 9.23 Å². The Kier molecular flexibility index (Phi) is 7.71. The van der Waals surface area contributed by atoms with E-state index in [1.165, 1.54) is 0 Å². The lowest BCUT2D eigenvalue weighted by Crippen LogP contribution is -1.90. The second kappa shape index (κ2) is 8.28. The van der Waals surface area contributed by atoms with Crippen LogP contribution in [0.25, 0.3) is 0 Å². The van der Waals surface area contributed by atoms with Gasteiger partial charge in [0.1, 0.15) is 0 Å². The summed E-state index contributed by atoms with van der Waals surface area (Å²) in [6.45, 7) is 9.37. The van der Waals surface area contributed by atoms with Gasteiger partial charge in [0.05, 0.1) is 6.61 Å². The highest BCUT2D eigenvalue weighted by Gasteiger charge is 1.77. The van der Waals surface area contributed by atoms with Crippen molar-refractivity contribution in [3.8, 4) is 0 Å². The Balaban J connectivity index is 3.31. The van der Waals surface area contributed by atoms with Crippen molar-refractivity contribution in [2.45, 2.75) is 20.3 Å². The molecule has 0 aliphatic heterocycles. The third-order valence-corrected chi connectivity index (χ3v) is 1.19. The van der Waals surface area contributed by atoms with E-state index in [0.717, 1.165) is 18.6 Å². The number of hydrogen-bond donors (Lipinski definition) is 0. The molecule has 0 rings (SSSR count). The maximum absolute atomic E-state index is 5.25. The second-order valence-electron chi connectivity index (χ2n) is 2.71. The zero-order chi connectivity index (χ0) is 9.23. The van der Waals surface area contributed by atoms with Crippen LogP contribution in [0.1, 0.15) is 20.3 Å². The molecule has 0 saturated heterocycles. The predicted molar refractivity (Wildman–Crippen MR) is 54.2 cm³/mol. The third kappa shape index (κ3) is 9.18. The van der Waals surface area contributed by atoms with E-state index < -0.39 is 0 Å². The van der Waals surface area contributed by atoms with Gasteiger partial charge in [-0.25, -0.2) is 0 Å². The lowest BCUT2D eigenvalue weighted by molar-refractivity contribution is 0.163. The molecule has 68 valence electrons. The lowest BCUT2D eigenvalue weighted by atomic mass is 10.3. The van der Waals surface area contributed by atoms with Crippen molar-refractivity contribution >= 4 is 0 Å². The highest BCUT2D eigenvalue weighted by molar-refractivity contribution is 5.16. The lowest BCUT2D eigenvalue weighted by Gasteiger charge is -1.94. The summed E-state index contributed by atoms with van der Waals surface area (Å²) in [5, 5.41) is 0. The molecule has 0 spiro atoms. The zero-order valence-corrected chi connectivity index (χ0v) is 8.05. The Morgan fingerprint density at radius 3 is 2.75 bits per heavy atom. The molecule has 1 nitrogen and oxygen atoms in total. The molecule has 0 unspecified atom stereocenters. The Morgan fingerprint density at radius 2 is 2.17 bits per heavy atom. The van der Waals surface area contributed by atoms with Gasteiger partial charge in [-0.1, -0.05) is 43.4 Å². The second-order valence-corrected chi connectivity index (χ2v) is 2.71. The normalized spacial score (nSPS) is 11.5. The van der Waals surface area contributed by atoms with Gasteiger partial charge in [0.15, 0.2) is 0 Å². The van der Waals surface area contributed by atoms with Crippen molar-refractivity contribution in [1.29, 1.82) is 0 Å². The fourth-order valence-electron chi connectivity index (χ4n) is 0.650. The van der Waals surface area contributed by atoms with Crippen molar-refractivity contribution in [2.75, 3.05) is 13.2 Å². The van der Waals surface area contributed by atoms with Gasteiger partial charge in [-0.2, -0.15) is 0 Å². The average molecular weight is 166 g/mol. The van der Waals surface area contributed by atoms with Gasteiger partial charge in [-0.3, -0.25) is 0 Å². The molecule has 0 aromatic heterocycles. The highest BCUT2D eigenvalue weighted by atomic mass is 16.5. The number of rotatable bonds is 6. The fourth-order valence-corrected chi connectivity index (χ4v) is 0.650. The summed E-state index contributed by atoms with van der Waals surface area (Å²) in [6.07, 6.45) is 8.99. The summed E-state index contributed by atoms with van der Waals surface area (Å²) in [6, 6.07) is 0. The molecule has 0 aromatic carbocycles. The van der Waals surface area contributed by atoms with E-state index in [1.54, 1.807) is 0 Å². The molecule has 0 radical (unpaired) electrons. The standard InChI is InChI=1S/C11H18O/c1-4-9-12-10-7-5-6-8-11(2)3/h5-8H,2,4,9-10H2,1,3H3/b7-5-,8-6-. The van der Waals surface area contributed by atoms with E-state index >= 15 is 0 Å². The molecule has 0 aliphatic rings. The monoisotopic (exact) mass is 166 g/mol. The van der Waals surface area contributed by atoms with Crippen LogP contribution in [-0.4, -0.2) is 13.2 Å². The molecule has 0 bridgehead atoms. The minimum atomic E-state index is 0.703. The Bertz CT molecular complexity index is 166. The first-order chi connectivity index (χ1) is 5.77. The van der Waals surface area contributed by atoms with E-state index in [4.69, 9.17) is 4.74 Å². The van der Waals surface area contributed by atoms with Gasteiger partial charge in [-0.15, -0.1) is 0 Å². The molecule has 0 atom stereocenters. The van der Waals surface area contributed by atoms with Gasteiger partial charge >= 0.3 is 0 Å². The molecule has 0 fully saturated rings. The molecule has 1 heteroatoms. The first kappa shape index (κ1) is 11.2. The van der Waals surface area contributed by atoms with Gasteiger partial charge < -0.3 is 4.74 Å². The van der Waals surface area contributed by atoms with Gasteiger partial charge in [0.25, 0.3) is 0 Å². The van der Waals surface area contributed by atoms with E-state index in [2.05, 4.69) is 13.5 Å². The predicted octanol–water partition coefficient (Wildman–Crippen LogP) is 3.10. The van der Waals surface area contributed by atoms with Crippen LogP contribution in [0.5, 0.6) is 0 Å². The van der Waals surface area contributed by atoms with Crippen LogP contribution >= 0.6 is 0 Å². The zero-order valence-electron chi connectivity index (χ0n) is 8.05. The van der Waals surface area contributed by atoms with Crippen molar-refractivity contribution in [3.05, 3.63) is 36.5 Å². The number of hydrogen-bond acceptors (Lipinski definition) is 1. The molecule has 0 N–H and O–H groups in total. The summed E-state index contributed by atoms with van der Waals surface area (Å²) < 4.78 is 5.25. The quantitative estimate of drug-likeness (QED) is 0.435. The molecular weight excluding hydrogens is 148 g/mol. The van der Waals surface area contributed by atoms with Gasteiger partial charge in [-0.05, 0) is 13.3 Å². The number of allylic oxidation sites excluding steroid dienone is 4. The summed E-state index contributed by atoms with van der Waals surface area (Å²) >= 11 is 0. The molecule has 0 aromatic rings. The van der Waals surface area contributed by atoms with Crippen LogP contribution in [0.4, 0.5) is 0 Å². The van der Waals surface area contributed by atoms with Crippen LogP contribution in [0, 0.1) is 0 Å². The highest BCUT2D eigenvalue weighted by Crippen LogP contribution is 1.89. The Labute approximate surface area is 75.4 Å². The van der Waals surface area contributed by atoms with E-state index in [9.17, 15) is 0 Å². The average Bonchev–Trinajstić information content (AvgIpc) is 2.02. The van der Waals surface area contributed by atoms with E-state index in [1.807, 2.05) is 31.2 Å². The molecule has 0 aliphatic carbocycles. The molecule has 0 amide bonds. The van der Waals surface area contributed by atoms with Crippen molar-refractivity contribution in [1.82, 2.24) is 0 Å². The van der Waals surface area contributed by atoms with Crippen LogP contribution in [-0.2, 0) is 4.74 Å². The van der Waals surface area contributed by atoms with Crippen molar-refractivity contribution in [3.63, 3.8) is 0 Å². The SMILES string of the molecule is C=C(C)/C=C\C=C/COCCC. The number of ether oxygens (including phenoxy) is 1. The minimum Gasteiger partial charge on any atom is -0.377 e. The molecule has 0 heterocycles. The Hall–Kier alpha value is -0.820. The summed E-state index contributed by atoms with van der Waals surface area (Å²) in [7, 11) is 0. The third-order valence-electron chi connectivity index (χ3n) is 1.19. The van der Waals surface area contributed by atoms with Crippen LogP contribution in [0.2, 0.25) is 0 Å². The largest absolute Gasteiger partial charge is 0.377 e. The summed E-state index contributed by atoms with van der Waals surface area (Å²) in [5.74, 6) is 0. The maximum Gasteiger partial charge on any atom is 0.0650 e. The Morgan fingerprint density at radius 1 is 1.42 bits per heavy atom. The van der Waals surface area contributed by atoms with Gasteiger partial charge in [0, 0.05) is 6.61 Å². The van der Waals surface area contributed by atoms with E-state index in [-0.39, 0.29) is 0 Å². The van der Waals surface area contributed by atoms with Crippen molar-refractivity contribution < 1.29 is 4.74 Å². The molecule has 12 heavy (non-hydrogen) atoms. The summed E-state index contributed by atoms with van der Waals surface area (Å²) in [5.41, 5.74) is 1.06. The van der Waals surface area contributed by atoms with Crippen LogP contribution < -0.4 is 0 Å². The van der Waals surface area contributed by atoms with Crippen molar-refractivity contribution in [2.24, 2.45) is 0 Å². The van der Waals surface area contributed by atoms with Gasteiger partial charge in [0.2, 0.25) is 0 Å². The first-order valence-corrected chi connectivity index (χ1v) is 4.33. The molecule has 0 saturated carbocycles. The first-order valence-electron chi connectivity index (χ1n) is 4.33. The minimum absolute atomic E-state index is 0.703. The smallest absolute Gasteiger partial charge is 0.0650 e. The van der Waals surface area contributed by atoms with E-state index in [0.29, 0.717) is 6.61 Å². The summed E-state index contributed by atoms with van der Waals surface area (Å²) in [4.78, 5) is 0. The van der Waals surface area contributed by atoms with Crippen LogP contribution in [0.3, 0.4) is 0 Å². The van der Waals surface area contributed by atoms with Crippen LogP contribution in [0.15, 0.2) is 36.5 Å². The fraction of sp³-hybridized carbons (Fsp3) is 0.455. The molecular formula is C11H18O.